The average molecular weight is 396 g/mol. The van der Waals surface area contributed by atoms with E-state index in [1.54, 1.807) is 55.5 Å². The Labute approximate surface area is 171 Å². The van der Waals surface area contributed by atoms with Crippen molar-refractivity contribution in [3.63, 3.8) is 0 Å². The maximum atomic E-state index is 12.2. The van der Waals surface area contributed by atoms with Crippen molar-refractivity contribution in [1.82, 2.24) is 5.32 Å². The first-order chi connectivity index (χ1) is 13.9. The second-order valence-electron chi connectivity index (χ2n) is 6.74. The molecule has 0 aliphatic rings. The SMILES string of the molecule is CCC(=O)Nc1ccc(NC(=O)CNc2cccc(C(=O)NC(C)CC)c2)cc1. The second kappa shape index (κ2) is 10.8. The van der Waals surface area contributed by atoms with Crippen molar-refractivity contribution in [2.75, 3.05) is 22.5 Å². The molecule has 0 heterocycles. The van der Waals surface area contributed by atoms with Crippen LogP contribution in [0.2, 0.25) is 0 Å². The van der Waals surface area contributed by atoms with Crippen LogP contribution in [0, 0.1) is 0 Å². The van der Waals surface area contributed by atoms with Gasteiger partial charge in [0.2, 0.25) is 11.8 Å². The summed E-state index contributed by atoms with van der Waals surface area (Å²) in [6.07, 6.45) is 1.26. The van der Waals surface area contributed by atoms with E-state index in [4.69, 9.17) is 0 Å². The highest BCUT2D eigenvalue weighted by atomic mass is 16.2. The number of benzene rings is 2. The lowest BCUT2D eigenvalue weighted by molar-refractivity contribution is -0.116. The molecule has 1 unspecified atom stereocenters. The van der Waals surface area contributed by atoms with Gasteiger partial charge in [0, 0.05) is 35.1 Å². The van der Waals surface area contributed by atoms with Crippen molar-refractivity contribution < 1.29 is 14.4 Å². The summed E-state index contributed by atoms with van der Waals surface area (Å²) in [5.41, 5.74) is 2.54. The molecule has 3 amide bonds. The lowest BCUT2D eigenvalue weighted by Gasteiger charge is -2.13. The third-order valence-corrected chi connectivity index (χ3v) is 4.34. The van der Waals surface area contributed by atoms with Crippen LogP contribution < -0.4 is 21.3 Å². The van der Waals surface area contributed by atoms with E-state index in [2.05, 4.69) is 21.3 Å². The fourth-order valence-electron chi connectivity index (χ4n) is 2.45. The number of hydrogen-bond acceptors (Lipinski definition) is 4. The fraction of sp³-hybridized carbons (Fsp3) is 0.318. The summed E-state index contributed by atoms with van der Waals surface area (Å²) in [7, 11) is 0. The standard InChI is InChI=1S/C22H28N4O3/c1-4-15(3)24-22(29)16-7-6-8-19(13-16)23-14-21(28)26-18-11-9-17(10-12-18)25-20(27)5-2/h6-13,15,23H,4-5,14H2,1-3H3,(H,24,29)(H,25,27)(H,26,28). The van der Waals surface area contributed by atoms with E-state index in [-0.39, 0.29) is 30.3 Å². The number of carbonyl (C=O) groups excluding carboxylic acids is 3. The molecule has 4 N–H and O–H groups in total. The third-order valence-electron chi connectivity index (χ3n) is 4.34. The molecular weight excluding hydrogens is 368 g/mol. The Morgan fingerprint density at radius 1 is 0.862 bits per heavy atom. The van der Waals surface area contributed by atoms with Gasteiger partial charge < -0.3 is 21.3 Å². The molecule has 154 valence electrons. The maximum Gasteiger partial charge on any atom is 0.251 e. The zero-order valence-corrected chi connectivity index (χ0v) is 17.0. The van der Waals surface area contributed by atoms with Crippen molar-refractivity contribution in [1.29, 1.82) is 0 Å². The molecule has 0 aromatic heterocycles. The van der Waals surface area contributed by atoms with Gasteiger partial charge in [0.05, 0.1) is 6.54 Å². The van der Waals surface area contributed by atoms with Crippen LogP contribution in [0.25, 0.3) is 0 Å². The van der Waals surface area contributed by atoms with E-state index < -0.39 is 0 Å². The highest BCUT2D eigenvalue weighted by molar-refractivity contribution is 5.96. The molecule has 0 saturated heterocycles. The maximum absolute atomic E-state index is 12.2. The van der Waals surface area contributed by atoms with Crippen molar-refractivity contribution in [3.8, 4) is 0 Å². The Hall–Kier alpha value is -3.35. The van der Waals surface area contributed by atoms with Gasteiger partial charge >= 0.3 is 0 Å². The molecule has 0 bridgehead atoms. The molecule has 2 aromatic rings. The Balaban J connectivity index is 1.87. The molecule has 0 saturated carbocycles. The predicted octanol–water partition coefficient (Wildman–Crippen LogP) is 3.61. The molecular formula is C22H28N4O3. The highest BCUT2D eigenvalue weighted by Gasteiger charge is 2.09. The molecule has 29 heavy (non-hydrogen) atoms. The van der Waals surface area contributed by atoms with E-state index in [0.29, 0.717) is 29.0 Å². The van der Waals surface area contributed by atoms with Gasteiger partial charge in [0.25, 0.3) is 5.91 Å². The van der Waals surface area contributed by atoms with Crippen LogP contribution in [0.15, 0.2) is 48.5 Å². The Morgan fingerprint density at radius 2 is 1.48 bits per heavy atom. The Morgan fingerprint density at radius 3 is 2.07 bits per heavy atom. The smallest absolute Gasteiger partial charge is 0.251 e. The van der Waals surface area contributed by atoms with Crippen molar-refractivity contribution in [3.05, 3.63) is 54.1 Å². The number of amides is 3. The second-order valence-corrected chi connectivity index (χ2v) is 6.74. The van der Waals surface area contributed by atoms with Crippen LogP contribution in [0.3, 0.4) is 0 Å². The van der Waals surface area contributed by atoms with Crippen LogP contribution >= 0.6 is 0 Å². The third kappa shape index (κ3) is 7.29. The quantitative estimate of drug-likeness (QED) is 0.520. The van der Waals surface area contributed by atoms with E-state index in [9.17, 15) is 14.4 Å². The summed E-state index contributed by atoms with van der Waals surface area (Å²) >= 11 is 0. The van der Waals surface area contributed by atoms with Gasteiger partial charge in [-0.25, -0.2) is 0 Å². The van der Waals surface area contributed by atoms with Crippen LogP contribution in [-0.4, -0.2) is 30.3 Å². The van der Waals surface area contributed by atoms with E-state index >= 15 is 0 Å². The van der Waals surface area contributed by atoms with Crippen molar-refractivity contribution in [2.45, 2.75) is 39.7 Å². The van der Waals surface area contributed by atoms with Gasteiger partial charge in [-0.15, -0.1) is 0 Å². The fourth-order valence-corrected chi connectivity index (χ4v) is 2.45. The van der Waals surface area contributed by atoms with Gasteiger partial charge in [0.1, 0.15) is 0 Å². The number of rotatable bonds is 9. The lowest BCUT2D eigenvalue weighted by Crippen LogP contribution is -2.31. The monoisotopic (exact) mass is 396 g/mol. The highest BCUT2D eigenvalue weighted by Crippen LogP contribution is 2.14. The van der Waals surface area contributed by atoms with E-state index in [1.807, 2.05) is 13.8 Å². The zero-order chi connectivity index (χ0) is 21.2. The molecule has 0 fully saturated rings. The first-order valence-electron chi connectivity index (χ1n) is 9.75. The minimum absolute atomic E-state index is 0.0603. The topological polar surface area (TPSA) is 99.3 Å². The minimum Gasteiger partial charge on any atom is -0.376 e. The molecule has 2 rings (SSSR count). The Kier molecular flexibility index (Phi) is 8.21. The lowest BCUT2D eigenvalue weighted by atomic mass is 10.1. The van der Waals surface area contributed by atoms with Gasteiger partial charge in [-0.1, -0.05) is 19.9 Å². The molecule has 7 heteroatoms. The summed E-state index contributed by atoms with van der Waals surface area (Å²) in [5.74, 6) is -0.418. The first kappa shape index (κ1) is 21.9. The number of carbonyl (C=O) groups is 3. The predicted molar refractivity (Wildman–Crippen MR) is 116 cm³/mol. The van der Waals surface area contributed by atoms with Gasteiger partial charge in [-0.2, -0.15) is 0 Å². The summed E-state index contributed by atoms with van der Waals surface area (Å²) in [5, 5.41) is 11.5. The van der Waals surface area contributed by atoms with Gasteiger partial charge in [0.15, 0.2) is 0 Å². The number of anilines is 3. The van der Waals surface area contributed by atoms with Crippen LogP contribution in [-0.2, 0) is 9.59 Å². The average Bonchev–Trinajstić information content (AvgIpc) is 2.73. The molecule has 0 spiro atoms. The molecule has 0 radical (unpaired) electrons. The normalized spacial score (nSPS) is 11.3. The molecule has 0 aliphatic carbocycles. The molecule has 0 aliphatic heterocycles. The van der Waals surface area contributed by atoms with Gasteiger partial charge in [-0.3, -0.25) is 14.4 Å². The molecule has 7 nitrogen and oxygen atoms in total. The van der Waals surface area contributed by atoms with Crippen LogP contribution in [0.5, 0.6) is 0 Å². The Bertz CT molecular complexity index is 849. The summed E-state index contributed by atoms with van der Waals surface area (Å²) in [4.78, 5) is 35.8. The molecule has 2 aromatic carbocycles. The number of nitrogens with one attached hydrogen (secondary N) is 4. The minimum atomic E-state index is -0.218. The largest absolute Gasteiger partial charge is 0.376 e. The zero-order valence-electron chi connectivity index (χ0n) is 17.0. The van der Waals surface area contributed by atoms with Crippen LogP contribution in [0.1, 0.15) is 44.0 Å². The van der Waals surface area contributed by atoms with Crippen LogP contribution in [0.4, 0.5) is 17.1 Å². The summed E-state index contributed by atoms with van der Waals surface area (Å²) in [6, 6.07) is 14.1. The first-order valence-corrected chi connectivity index (χ1v) is 9.75. The van der Waals surface area contributed by atoms with Gasteiger partial charge in [-0.05, 0) is 55.8 Å². The molecule has 1 atom stereocenters. The summed E-state index contributed by atoms with van der Waals surface area (Å²) in [6.45, 7) is 5.81. The number of hydrogen-bond donors (Lipinski definition) is 4. The van der Waals surface area contributed by atoms with Crippen molar-refractivity contribution >= 4 is 34.8 Å². The van der Waals surface area contributed by atoms with E-state index in [1.165, 1.54) is 0 Å². The summed E-state index contributed by atoms with van der Waals surface area (Å²) < 4.78 is 0. The van der Waals surface area contributed by atoms with Crippen molar-refractivity contribution in [2.24, 2.45) is 0 Å². The van der Waals surface area contributed by atoms with E-state index in [0.717, 1.165) is 6.42 Å².